The molecule has 33 heavy (non-hydrogen) atoms. The number of morpholine rings is 1. The first-order valence-electron chi connectivity index (χ1n) is 11.8. The molecule has 2 amide bonds. The van der Waals surface area contributed by atoms with E-state index in [-0.39, 0.29) is 6.03 Å². The number of benzene rings is 2. The molecular formula is C26H33N4O3+. The predicted octanol–water partition coefficient (Wildman–Crippen LogP) is 3.90. The van der Waals surface area contributed by atoms with Crippen molar-refractivity contribution in [1.29, 1.82) is 5.26 Å². The van der Waals surface area contributed by atoms with E-state index >= 15 is 0 Å². The third-order valence-electron chi connectivity index (χ3n) is 6.78. The van der Waals surface area contributed by atoms with Crippen molar-refractivity contribution in [1.82, 2.24) is 9.91 Å². The fourth-order valence-electron chi connectivity index (χ4n) is 4.77. The van der Waals surface area contributed by atoms with Gasteiger partial charge in [-0.1, -0.05) is 24.3 Å². The van der Waals surface area contributed by atoms with Crippen molar-refractivity contribution in [3.05, 3.63) is 54.1 Å². The van der Waals surface area contributed by atoms with Gasteiger partial charge in [0.25, 0.3) is 0 Å². The Morgan fingerprint density at radius 2 is 1.67 bits per heavy atom. The summed E-state index contributed by atoms with van der Waals surface area (Å²) in [6.07, 6.45) is 3.19. The number of amides is 2. The maximum atomic E-state index is 13.1. The van der Waals surface area contributed by atoms with Crippen LogP contribution in [0.15, 0.2) is 48.5 Å². The van der Waals surface area contributed by atoms with Crippen molar-refractivity contribution >= 4 is 6.03 Å². The van der Waals surface area contributed by atoms with Crippen molar-refractivity contribution < 1.29 is 18.9 Å². The maximum absolute atomic E-state index is 13.1. The van der Waals surface area contributed by atoms with Crippen molar-refractivity contribution in [3.8, 4) is 22.9 Å². The van der Waals surface area contributed by atoms with Gasteiger partial charge in [0.15, 0.2) is 0 Å². The first-order chi connectivity index (χ1) is 16.1. The highest BCUT2D eigenvalue weighted by Gasteiger charge is 2.41. The van der Waals surface area contributed by atoms with Crippen LogP contribution in [0.25, 0.3) is 11.1 Å². The number of urea groups is 1. The molecule has 2 saturated heterocycles. The van der Waals surface area contributed by atoms with Crippen molar-refractivity contribution in [3.63, 3.8) is 0 Å². The molecule has 2 aromatic rings. The summed E-state index contributed by atoms with van der Waals surface area (Å²) in [5.74, 6) is 0.845. The highest BCUT2D eigenvalue weighted by molar-refractivity contribution is 5.73. The van der Waals surface area contributed by atoms with E-state index < -0.39 is 0 Å². The van der Waals surface area contributed by atoms with E-state index in [1.807, 2.05) is 65.5 Å². The monoisotopic (exact) mass is 449 g/mol. The van der Waals surface area contributed by atoms with Crippen LogP contribution in [0, 0.1) is 11.3 Å². The summed E-state index contributed by atoms with van der Waals surface area (Å²) in [6.45, 7) is 6.12. The number of carbonyl (C=O) groups excluding carboxylic acids is 1. The summed E-state index contributed by atoms with van der Waals surface area (Å²) >= 11 is 0. The third kappa shape index (κ3) is 5.47. The Morgan fingerprint density at radius 1 is 1.06 bits per heavy atom. The van der Waals surface area contributed by atoms with Crippen molar-refractivity contribution in [2.45, 2.75) is 19.3 Å². The van der Waals surface area contributed by atoms with E-state index in [0.717, 1.165) is 60.4 Å². The van der Waals surface area contributed by atoms with Crippen LogP contribution in [0.1, 0.15) is 24.8 Å². The SMILES string of the molecule is CN(C(=O)N1CCOCC1)[N+]1(CCCOc2ccc(-c3ccc(C#N)cc3)cc2)CCCC1. The van der Waals surface area contributed by atoms with E-state index in [1.54, 1.807) is 0 Å². The van der Waals surface area contributed by atoms with Gasteiger partial charge in [-0.05, 0) is 35.4 Å². The second-order valence-electron chi connectivity index (χ2n) is 8.79. The average Bonchev–Trinajstić information content (AvgIpc) is 3.37. The number of quaternary nitrogens is 1. The van der Waals surface area contributed by atoms with E-state index in [0.29, 0.717) is 38.5 Å². The number of ether oxygens (including phenoxy) is 2. The second kappa shape index (κ2) is 10.7. The zero-order chi connectivity index (χ0) is 23.1. The second-order valence-corrected chi connectivity index (χ2v) is 8.79. The lowest BCUT2D eigenvalue weighted by Gasteiger charge is -2.43. The zero-order valence-corrected chi connectivity index (χ0v) is 19.4. The first-order valence-corrected chi connectivity index (χ1v) is 11.8. The normalized spacial score (nSPS) is 17.4. The summed E-state index contributed by atoms with van der Waals surface area (Å²) in [5, 5.41) is 10.9. The molecule has 4 rings (SSSR count). The van der Waals surface area contributed by atoms with Crippen LogP contribution in [-0.4, -0.2) is 80.1 Å². The summed E-state index contributed by atoms with van der Waals surface area (Å²) in [4.78, 5) is 15.0. The standard InChI is InChI=1S/C26H33N4O3/c1-28(26(31)29-13-19-32-20-14-29)30(15-2-3-16-30)17-4-18-33-25-11-9-24(10-12-25)23-7-5-22(21-27)6-8-23/h5-12H,2-4,13-20H2,1H3/q+1. The molecule has 0 bridgehead atoms. The minimum absolute atomic E-state index is 0.111. The van der Waals surface area contributed by atoms with Crippen LogP contribution in [0.4, 0.5) is 4.79 Å². The number of nitriles is 1. The largest absolute Gasteiger partial charge is 0.493 e. The molecule has 0 saturated carbocycles. The van der Waals surface area contributed by atoms with E-state index in [1.165, 1.54) is 0 Å². The average molecular weight is 450 g/mol. The van der Waals surface area contributed by atoms with Gasteiger partial charge >= 0.3 is 6.03 Å². The molecule has 0 unspecified atom stereocenters. The van der Waals surface area contributed by atoms with Crippen molar-refractivity contribution in [2.24, 2.45) is 0 Å². The molecule has 0 N–H and O–H groups in total. The van der Waals surface area contributed by atoms with Gasteiger partial charge < -0.3 is 14.4 Å². The third-order valence-corrected chi connectivity index (χ3v) is 6.78. The van der Waals surface area contributed by atoms with Gasteiger partial charge in [-0.25, -0.2) is 9.39 Å². The van der Waals surface area contributed by atoms with Crippen molar-refractivity contribution in [2.75, 3.05) is 59.6 Å². The molecule has 0 aliphatic carbocycles. The van der Waals surface area contributed by atoms with Gasteiger partial charge in [0, 0.05) is 32.4 Å². The molecule has 2 heterocycles. The van der Waals surface area contributed by atoms with Crippen LogP contribution in [0.3, 0.4) is 0 Å². The molecule has 7 heteroatoms. The molecule has 0 radical (unpaired) electrons. The fraction of sp³-hybridized carbons (Fsp3) is 0.462. The molecule has 174 valence electrons. The number of likely N-dealkylation sites (tertiary alicyclic amines) is 1. The highest BCUT2D eigenvalue weighted by Crippen LogP contribution is 2.25. The Kier molecular flexibility index (Phi) is 7.48. The Hall–Kier alpha value is -3.08. The van der Waals surface area contributed by atoms with Gasteiger partial charge in [0.2, 0.25) is 0 Å². The minimum Gasteiger partial charge on any atom is -0.493 e. The molecule has 2 aliphatic heterocycles. The van der Waals surface area contributed by atoms with Crippen LogP contribution >= 0.6 is 0 Å². The smallest absolute Gasteiger partial charge is 0.364 e. The van der Waals surface area contributed by atoms with Crippen LogP contribution < -0.4 is 4.74 Å². The molecule has 0 aromatic heterocycles. The number of rotatable bonds is 7. The van der Waals surface area contributed by atoms with E-state index in [9.17, 15) is 4.79 Å². The lowest BCUT2D eigenvalue weighted by atomic mass is 10.0. The predicted molar refractivity (Wildman–Crippen MR) is 126 cm³/mol. The number of carbonyl (C=O) groups is 1. The van der Waals surface area contributed by atoms with Gasteiger partial charge in [-0.15, -0.1) is 0 Å². The molecule has 0 spiro atoms. The number of nitrogens with zero attached hydrogens (tertiary/aromatic N) is 4. The molecule has 2 fully saturated rings. The van der Waals surface area contributed by atoms with E-state index in [2.05, 4.69) is 6.07 Å². The quantitative estimate of drug-likeness (QED) is 0.475. The zero-order valence-electron chi connectivity index (χ0n) is 19.4. The Labute approximate surface area is 196 Å². The Balaban J connectivity index is 1.29. The summed E-state index contributed by atoms with van der Waals surface area (Å²) in [5.41, 5.74) is 2.83. The number of hydrogen-bond acceptors (Lipinski definition) is 4. The Bertz CT molecular complexity index is 957. The summed E-state index contributed by atoms with van der Waals surface area (Å²) in [7, 11) is 1.95. The van der Waals surface area contributed by atoms with Gasteiger partial charge in [-0.2, -0.15) is 10.3 Å². The molecular weight excluding hydrogens is 416 g/mol. The van der Waals surface area contributed by atoms with E-state index in [4.69, 9.17) is 14.7 Å². The van der Waals surface area contributed by atoms with Gasteiger partial charge in [-0.3, -0.25) is 0 Å². The lowest BCUT2D eigenvalue weighted by Crippen LogP contribution is -2.63. The molecule has 2 aromatic carbocycles. The lowest BCUT2D eigenvalue weighted by molar-refractivity contribution is -1.01. The topological polar surface area (TPSA) is 65.8 Å². The van der Waals surface area contributed by atoms with Gasteiger partial charge in [0.05, 0.1) is 38.5 Å². The van der Waals surface area contributed by atoms with Gasteiger partial charge in [0.1, 0.15) is 25.4 Å². The summed E-state index contributed by atoms with van der Waals surface area (Å²) < 4.78 is 12.1. The minimum atomic E-state index is 0.111. The molecule has 0 atom stereocenters. The molecule has 7 nitrogen and oxygen atoms in total. The van der Waals surface area contributed by atoms with Crippen LogP contribution in [-0.2, 0) is 4.74 Å². The first kappa shape index (κ1) is 23.1. The molecule has 2 aliphatic rings. The summed E-state index contributed by atoms with van der Waals surface area (Å²) in [6, 6.07) is 17.9. The highest BCUT2D eigenvalue weighted by atomic mass is 16.5. The van der Waals surface area contributed by atoms with Crippen LogP contribution in [0.2, 0.25) is 0 Å². The van der Waals surface area contributed by atoms with Crippen LogP contribution in [0.5, 0.6) is 5.75 Å². The number of hydrogen-bond donors (Lipinski definition) is 0. The fourth-order valence-corrected chi connectivity index (χ4v) is 4.77. The Morgan fingerprint density at radius 3 is 2.27 bits per heavy atom. The maximum Gasteiger partial charge on any atom is 0.364 e.